The number of carbonyl (C=O) groups is 1. The molecule has 4 nitrogen and oxygen atoms in total. The minimum absolute atomic E-state index is 0.132. The normalized spacial score (nSPS) is 13.3. The Morgan fingerprint density at radius 2 is 1.90 bits per heavy atom. The molecule has 0 spiro atoms. The molecule has 4 rings (SSSR count). The summed E-state index contributed by atoms with van der Waals surface area (Å²) >= 11 is 1.71. The van der Waals surface area contributed by atoms with Gasteiger partial charge in [-0.15, -0.1) is 11.3 Å². The fraction of sp³-hybridized carbons (Fsp3) is 0.174. The molecule has 0 aliphatic carbocycles. The summed E-state index contributed by atoms with van der Waals surface area (Å²) in [5.41, 5.74) is 2.89. The van der Waals surface area contributed by atoms with Crippen molar-refractivity contribution in [1.29, 1.82) is 0 Å². The summed E-state index contributed by atoms with van der Waals surface area (Å²) in [5.74, 6) is -0.348. The summed E-state index contributed by atoms with van der Waals surface area (Å²) in [6, 6.07) is 17.8. The number of nitrogens with one attached hydrogen (secondary N) is 3. The summed E-state index contributed by atoms with van der Waals surface area (Å²) in [6.07, 6.45) is 2.06. The predicted octanol–water partition coefficient (Wildman–Crippen LogP) is 5.12. The minimum Gasteiger partial charge on any atom is -0.361 e. The molecule has 0 fully saturated rings. The molecule has 4 aromatic rings. The number of amides is 1. The van der Waals surface area contributed by atoms with Crippen LogP contribution in [0.3, 0.4) is 0 Å². The Kier molecular flexibility index (Phi) is 5.74. The van der Waals surface area contributed by atoms with Crippen LogP contribution in [0.1, 0.15) is 23.3 Å². The van der Waals surface area contributed by atoms with Crippen LogP contribution < -0.4 is 10.6 Å². The smallest absolute Gasteiger partial charge is 0.241 e. The first-order chi connectivity index (χ1) is 14.1. The highest BCUT2D eigenvalue weighted by molar-refractivity contribution is 7.10. The summed E-state index contributed by atoms with van der Waals surface area (Å²) in [6.45, 7) is 2.46. The van der Waals surface area contributed by atoms with Gasteiger partial charge in [0.25, 0.3) is 0 Å². The van der Waals surface area contributed by atoms with E-state index >= 15 is 0 Å². The van der Waals surface area contributed by atoms with Crippen LogP contribution in [0.5, 0.6) is 0 Å². The van der Waals surface area contributed by atoms with E-state index in [1.165, 1.54) is 28.0 Å². The molecule has 0 aliphatic heterocycles. The van der Waals surface area contributed by atoms with Gasteiger partial charge in [-0.25, -0.2) is 4.39 Å². The number of benzene rings is 2. The molecule has 3 N–H and O–H groups in total. The van der Waals surface area contributed by atoms with E-state index in [2.05, 4.69) is 45.4 Å². The lowest BCUT2D eigenvalue weighted by atomic mass is 9.96. The largest absolute Gasteiger partial charge is 0.361 e. The topological polar surface area (TPSA) is 56.9 Å². The maximum absolute atomic E-state index is 13.0. The average molecular weight is 408 g/mol. The molecule has 1 amide bonds. The number of hydrogen-bond donors (Lipinski definition) is 3. The van der Waals surface area contributed by atoms with Gasteiger partial charge in [0, 0.05) is 40.1 Å². The number of para-hydroxylation sites is 1. The number of fused-ring (bicyclic) bond motifs is 1. The van der Waals surface area contributed by atoms with Crippen LogP contribution in [0.25, 0.3) is 10.9 Å². The van der Waals surface area contributed by atoms with Crippen LogP contribution in [0, 0.1) is 5.82 Å². The van der Waals surface area contributed by atoms with Gasteiger partial charge in [-0.2, -0.15) is 0 Å². The van der Waals surface area contributed by atoms with Gasteiger partial charge in [-0.05, 0) is 54.3 Å². The van der Waals surface area contributed by atoms with Crippen molar-refractivity contribution < 1.29 is 9.18 Å². The fourth-order valence-electron chi connectivity index (χ4n) is 3.41. The number of rotatable bonds is 7. The first kappa shape index (κ1) is 19.4. The molecule has 2 heterocycles. The molecule has 148 valence electrons. The Balaban J connectivity index is 1.48. The minimum atomic E-state index is -0.396. The Hall–Kier alpha value is -2.96. The van der Waals surface area contributed by atoms with Crippen molar-refractivity contribution in [1.82, 2.24) is 10.3 Å². The molecule has 2 aromatic heterocycles. The summed E-state index contributed by atoms with van der Waals surface area (Å²) in [5, 5.41) is 9.44. The van der Waals surface area contributed by atoms with Crippen molar-refractivity contribution in [2.45, 2.75) is 18.9 Å². The maximum Gasteiger partial charge on any atom is 0.241 e. The fourth-order valence-corrected chi connectivity index (χ4v) is 4.25. The highest BCUT2D eigenvalue weighted by Gasteiger charge is 2.21. The van der Waals surface area contributed by atoms with E-state index in [1.54, 1.807) is 23.5 Å². The van der Waals surface area contributed by atoms with Crippen molar-refractivity contribution in [3.8, 4) is 0 Å². The lowest BCUT2D eigenvalue weighted by Crippen LogP contribution is -2.40. The third-order valence-corrected chi connectivity index (χ3v) is 6.00. The molecule has 2 aromatic carbocycles. The molecular weight excluding hydrogens is 385 g/mol. The molecular formula is C23H22FN3OS. The molecule has 2 atom stereocenters. The highest BCUT2D eigenvalue weighted by atomic mass is 32.1. The Bertz CT molecular complexity index is 1090. The summed E-state index contributed by atoms with van der Waals surface area (Å²) in [4.78, 5) is 17.1. The number of anilines is 1. The number of aromatic nitrogens is 1. The summed E-state index contributed by atoms with van der Waals surface area (Å²) in [7, 11) is 0. The standard InChI is InChI=1S/C23H22FN3OS/c1-15(23(28)27-17-10-8-16(24)9-11-17)25-14-20(22-7-4-12-29-22)19-13-26-21-6-3-2-5-18(19)21/h2-13,15,20,25-26H,14H2,1H3,(H,27,28)/t15-,20+/m0/s1. The van der Waals surface area contributed by atoms with Crippen LogP contribution >= 0.6 is 11.3 Å². The van der Waals surface area contributed by atoms with E-state index in [1.807, 2.05) is 25.1 Å². The molecule has 0 saturated carbocycles. The number of aromatic amines is 1. The van der Waals surface area contributed by atoms with Gasteiger partial charge < -0.3 is 15.6 Å². The number of halogens is 1. The van der Waals surface area contributed by atoms with Crippen molar-refractivity contribution in [2.75, 3.05) is 11.9 Å². The van der Waals surface area contributed by atoms with Gasteiger partial charge in [0.05, 0.1) is 6.04 Å². The number of hydrogen-bond acceptors (Lipinski definition) is 3. The van der Waals surface area contributed by atoms with Crippen molar-refractivity contribution in [2.24, 2.45) is 0 Å². The second kappa shape index (κ2) is 8.59. The van der Waals surface area contributed by atoms with Gasteiger partial charge in [0.1, 0.15) is 5.82 Å². The van der Waals surface area contributed by atoms with Crippen LogP contribution in [0.2, 0.25) is 0 Å². The zero-order valence-corrected chi connectivity index (χ0v) is 16.8. The highest BCUT2D eigenvalue weighted by Crippen LogP contribution is 2.32. The molecule has 0 aliphatic rings. The van der Waals surface area contributed by atoms with E-state index in [0.29, 0.717) is 12.2 Å². The molecule has 0 radical (unpaired) electrons. The Morgan fingerprint density at radius 1 is 1.10 bits per heavy atom. The molecule has 0 saturated heterocycles. The monoisotopic (exact) mass is 407 g/mol. The van der Waals surface area contributed by atoms with Gasteiger partial charge >= 0.3 is 0 Å². The predicted molar refractivity (Wildman–Crippen MR) is 117 cm³/mol. The van der Waals surface area contributed by atoms with Gasteiger partial charge in [0.2, 0.25) is 5.91 Å². The van der Waals surface area contributed by atoms with Gasteiger partial charge in [0.15, 0.2) is 0 Å². The van der Waals surface area contributed by atoms with E-state index in [4.69, 9.17) is 0 Å². The zero-order valence-electron chi connectivity index (χ0n) is 16.0. The van der Waals surface area contributed by atoms with Crippen LogP contribution in [-0.2, 0) is 4.79 Å². The second-order valence-corrected chi connectivity index (χ2v) is 7.96. The van der Waals surface area contributed by atoms with Crippen LogP contribution in [-0.4, -0.2) is 23.5 Å². The van der Waals surface area contributed by atoms with Crippen molar-refractivity contribution >= 4 is 33.8 Å². The van der Waals surface area contributed by atoms with Crippen molar-refractivity contribution in [3.05, 3.63) is 88.5 Å². The molecule has 6 heteroatoms. The van der Waals surface area contributed by atoms with Crippen LogP contribution in [0.15, 0.2) is 72.2 Å². The first-order valence-corrected chi connectivity index (χ1v) is 10.4. The van der Waals surface area contributed by atoms with Gasteiger partial charge in [-0.3, -0.25) is 4.79 Å². The van der Waals surface area contributed by atoms with E-state index < -0.39 is 6.04 Å². The lowest BCUT2D eigenvalue weighted by Gasteiger charge is -2.20. The quantitative estimate of drug-likeness (QED) is 0.398. The SMILES string of the molecule is C[C@H](NC[C@@H](c1cccs1)c1c[nH]c2ccccc12)C(=O)Nc1ccc(F)cc1. The third-order valence-electron chi connectivity index (χ3n) is 5.02. The molecule has 29 heavy (non-hydrogen) atoms. The first-order valence-electron chi connectivity index (χ1n) is 9.51. The Morgan fingerprint density at radius 3 is 2.66 bits per heavy atom. The van der Waals surface area contributed by atoms with Gasteiger partial charge in [-0.1, -0.05) is 24.3 Å². The molecule has 0 bridgehead atoms. The van der Waals surface area contributed by atoms with Crippen molar-refractivity contribution in [3.63, 3.8) is 0 Å². The summed E-state index contributed by atoms with van der Waals surface area (Å²) < 4.78 is 13.0. The van der Waals surface area contributed by atoms with E-state index in [-0.39, 0.29) is 17.6 Å². The number of carbonyl (C=O) groups excluding carboxylic acids is 1. The molecule has 0 unspecified atom stereocenters. The second-order valence-electron chi connectivity index (χ2n) is 6.98. The third kappa shape index (κ3) is 4.39. The number of H-pyrrole nitrogens is 1. The lowest BCUT2D eigenvalue weighted by molar-refractivity contribution is -0.117. The zero-order chi connectivity index (χ0) is 20.2. The average Bonchev–Trinajstić information content (AvgIpc) is 3.40. The van der Waals surface area contributed by atoms with E-state index in [0.717, 1.165) is 5.52 Å². The van der Waals surface area contributed by atoms with Crippen LogP contribution in [0.4, 0.5) is 10.1 Å². The van der Waals surface area contributed by atoms with E-state index in [9.17, 15) is 9.18 Å². The number of thiophene rings is 1. The Labute approximate surface area is 172 Å². The maximum atomic E-state index is 13.0.